The number of rotatable bonds is 14. The average molecular weight is 1050 g/mol. The van der Waals surface area contributed by atoms with Crippen LogP contribution in [0, 0.1) is 14.9 Å². The normalized spacial score (nSPS) is 11.0. The van der Waals surface area contributed by atoms with E-state index in [1.54, 1.807) is 0 Å². The van der Waals surface area contributed by atoms with E-state index in [4.69, 9.17) is 0 Å². The summed E-state index contributed by atoms with van der Waals surface area (Å²) < 4.78 is 0. The number of fused-ring (bicyclic) bond motifs is 6. The van der Waals surface area contributed by atoms with Gasteiger partial charge in [-0.2, -0.15) is 12.1 Å². The quantitative estimate of drug-likeness (QED) is 0.0578. The molecule has 0 aliphatic heterocycles. The molecule has 368 valence electrons. The first-order chi connectivity index (χ1) is 35.7. The zero-order valence-corrected chi connectivity index (χ0v) is 47.3. The SMILES string of the molecule is CCCCCCc1cc2c(-c3cccc4ccccc34)ccc(-c3cccc4ccccc34)c2[cH-]1.CCCCCCc1cc2c(-c3cccc4ccccc34)ccc(-c3cccc4ccccc34)c2[cH-]1.[CH3-].[CH3-].[Si]=[Zr]. The van der Waals surface area contributed by atoms with Crippen molar-refractivity contribution in [3.8, 4) is 44.5 Å². The Kier molecular flexibility index (Phi) is 18.7. The van der Waals surface area contributed by atoms with Gasteiger partial charge in [0.05, 0.1) is 0 Å². The molecule has 0 heterocycles. The van der Waals surface area contributed by atoms with Gasteiger partial charge in [-0.3, -0.25) is 0 Å². The van der Waals surface area contributed by atoms with Gasteiger partial charge in [0.1, 0.15) is 0 Å². The molecule has 0 amide bonds. The van der Waals surface area contributed by atoms with Crippen molar-refractivity contribution in [1.82, 2.24) is 0 Å². The van der Waals surface area contributed by atoms with Gasteiger partial charge in [-0.1, -0.05) is 293 Å². The number of unbranched alkanes of at least 4 members (excludes halogenated alkanes) is 6. The van der Waals surface area contributed by atoms with E-state index in [0.29, 0.717) is 0 Å². The molecule has 12 aromatic rings. The molecule has 0 saturated heterocycles. The zero-order chi connectivity index (χ0) is 49.2. The van der Waals surface area contributed by atoms with E-state index >= 15 is 0 Å². The van der Waals surface area contributed by atoms with Gasteiger partial charge in [0.25, 0.3) is 0 Å². The van der Waals surface area contributed by atoms with E-state index in [2.05, 4.69) is 239 Å². The third-order valence-corrected chi connectivity index (χ3v) is 14.9. The molecular weight excluding hydrogens is 984 g/mol. The van der Waals surface area contributed by atoms with Crippen LogP contribution in [-0.2, 0) is 36.2 Å². The van der Waals surface area contributed by atoms with Gasteiger partial charge in [0.15, 0.2) is 0 Å². The van der Waals surface area contributed by atoms with Gasteiger partial charge in [0.2, 0.25) is 0 Å². The number of benzene rings is 10. The topological polar surface area (TPSA) is 0 Å². The van der Waals surface area contributed by atoms with E-state index in [-0.39, 0.29) is 14.9 Å². The summed E-state index contributed by atoms with van der Waals surface area (Å²) in [5, 5.41) is 15.9. The van der Waals surface area contributed by atoms with Crippen LogP contribution in [0.4, 0.5) is 0 Å². The number of aryl methyl sites for hydroxylation is 2. The minimum absolute atomic E-state index is 0. The summed E-state index contributed by atoms with van der Waals surface area (Å²) in [4.78, 5) is 0. The van der Waals surface area contributed by atoms with Crippen molar-refractivity contribution in [2.45, 2.75) is 78.1 Å². The monoisotopic (exact) mass is 1050 g/mol. The maximum absolute atomic E-state index is 3.06. The molecule has 0 saturated carbocycles. The molecule has 2 radical (unpaired) electrons. The third kappa shape index (κ3) is 11.3. The van der Waals surface area contributed by atoms with E-state index in [0.717, 1.165) is 12.8 Å². The van der Waals surface area contributed by atoms with E-state index in [9.17, 15) is 0 Å². The molecule has 12 rings (SSSR count). The van der Waals surface area contributed by atoms with Crippen molar-refractivity contribution in [1.29, 1.82) is 0 Å². The summed E-state index contributed by atoms with van der Waals surface area (Å²) in [5.41, 5.74) is 13.5. The average Bonchev–Trinajstić information content (AvgIpc) is 4.09. The van der Waals surface area contributed by atoms with Crippen LogP contribution in [0.1, 0.15) is 76.3 Å². The summed E-state index contributed by atoms with van der Waals surface area (Å²) in [6, 6.07) is 81.0. The molecule has 0 nitrogen and oxygen atoms in total. The molecular formula is C72H68SiZr-4. The Morgan fingerprint density at radius 2 is 0.568 bits per heavy atom. The second kappa shape index (κ2) is 25.7. The van der Waals surface area contributed by atoms with Crippen molar-refractivity contribution in [2.75, 3.05) is 0 Å². The first kappa shape index (κ1) is 53.8. The maximum atomic E-state index is 3.06. The molecule has 0 fully saturated rings. The molecule has 0 aromatic heterocycles. The van der Waals surface area contributed by atoms with Crippen LogP contribution in [0.5, 0.6) is 0 Å². The van der Waals surface area contributed by atoms with Gasteiger partial charge in [-0.15, -0.1) is 44.8 Å². The Bertz CT molecular complexity index is 3290. The second-order valence-electron chi connectivity index (χ2n) is 19.4. The molecule has 0 aliphatic rings. The second-order valence-corrected chi connectivity index (χ2v) is 19.4. The molecule has 0 unspecified atom stereocenters. The molecule has 0 bridgehead atoms. The van der Waals surface area contributed by atoms with Crippen molar-refractivity contribution in [3.63, 3.8) is 0 Å². The fraction of sp³-hybridized carbons (Fsp3) is 0.167. The predicted molar refractivity (Wildman–Crippen MR) is 325 cm³/mol. The van der Waals surface area contributed by atoms with Crippen molar-refractivity contribution >= 4 is 71.5 Å². The molecule has 12 aromatic carbocycles. The van der Waals surface area contributed by atoms with Gasteiger partial charge in [-0.05, 0) is 67.1 Å². The Hall–Kier alpha value is -6.44. The van der Waals surface area contributed by atoms with Crippen LogP contribution in [0.3, 0.4) is 0 Å². The fourth-order valence-electron chi connectivity index (χ4n) is 11.3. The summed E-state index contributed by atoms with van der Waals surface area (Å²) in [5.74, 6) is 0. The van der Waals surface area contributed by atoms with E-state index < -0.39 is 0 Å². The first-order valence-corrected chi connectivity index (χ1v) is 30.5. The molecule has 74 heavy (non-hydrogen) atoms. The summed E-state index contributed by atoms with van der Waals surface area (Å²) in [7, 11) is 0. The van der Waals surface area contributed by atoms with Crippen LogP contribution in [0.15, 0.2) is 218 Å². The standard InChI is InChI=1S/2C35H31.2CH3.Si.Zr/c2*1-2-3-4-5-12-25-23-34-32(30-19-10-15-26-13-6-8-17-28(26)30)21-22-33(35(34)24-25)31-20-11-16-27-14-7-9-18-29(27)31;;;;/h2*6-11,13-24H,2-5,12H2,1H3;2*1H3;;/q4*-1;;. The summed E-state index contributed by atoms with van der Waals surface area (Å²) in [6.45, 7) is 7.63. The van der Waals surface area contributed by atoms with Crippen LogP contribution < -0.4 is 0 Å². The Morgan fingerprint density at radius 3 is 0.892 bits per heavy atom. The van der Waals surface area contributed by atoms with Gasteiger partial charge in [0, 0.05) is 0 Å². The molecule has 2 heteroatoms. The summed E-state index contributed by atoms with van der Waals surface area (Å²) >= 11 is 1.36. The minimum atomic E-state index is 0. The Labute approximate surface area is 458 Å². The van der Waals surface area contributed by atoms with Gasteiger partial charge < -0.3 is 14.9 Å². The Morgan fingerprint density at radius 1 is 0.297 bits per heavy atom. The van der Waals surface area contributed by atoms with Crippen LogP contribution in [-0.4, -0.2) is 6.88 Å². The zero-order valence-electron chi connectivity index (χ0n) is 43.9. The van der Waals surface area contributed by atoms with E-state index in [1.165, 1.54) is 195 Å². The predicted octanol–water partition coefficient (Wildman–Crippen LogP) is 21.2. The third-order valence-electron chi connectivity index (χ3n) is 14.9. The molecule has 0 atom stereocenters. The molecule has 0 N–H and O–H groups in total. The van der Waals surface area contributed by atoms with Crippen molar-refractivity contribution in [3.05, 3.63) is 244 Å². The van der Waals surface area contributed by atoms with E-state index in [1.807, 2.05) is 0 Å². The van der Waals surface area contributed by atoms with Gasteiger partial charge in [-0.25, -0.2) is 0 Å². The van der Waals surface area contributed by atoms with Crippen LogP contribution in [0.2, 0.25) is 0 Å². The first-order valence-electron chi connectivity index (χ1n) is 26.3. The number of hydrogen-bond donors (Lipinski definition) is 0. The van der Waals surface area contributed by atoms with Crippen molar-refractivity contribution in [2.24, 2.45) is 0 Å². The Balaban J connectivity index is 0.000000186. The van der Waals surface area contributed by atoms with Crippen LogP contribution >= 0.6 is 0 Å². The molecule has 0 spiro atoms. The fourth-order valence-corrected chi connectivity index (χ4v) is 11.3. The van der Waals surface area contributed by atoms with Crippen molar-refractivity contribution < 1.29 is 23.3 Å². The van der Waals surface area contributed by atoms with Crippen LogP contribution in [0.25, 0.3) is 109 Å². The summed E-state index contributed by atoms with van der Waals surface area (Å²) in [6.07, 6.45) is 12.6. The van der Waals surface area contributed by atoms with Gasteiger partial charge >= 0.3 is 30.2 Å². The molecule has 0 aliphatic carbocycles. The number of hydrogen-bond acceptors (Lipinski definition) is 0.